The van der Waals surface area contributed by atoms with Crippen molar-refractivity contribution in [3.63, 3.8) is 0 Å². The summed E-state index contributed by atoms with van der Waals surface area (Å²) in [5, 5.41) is 7.68. The standard InChI is InChI=1S/C15H17FN4O2/c16-10-3-1-8(2-4-10)11-5-9(11)6-18-14(21)13-12(17)7-19-15(22)20-13/h1-4,9,11H,5-7,17H2,(H,18,21)(H2,19,20,22)/t9-,11?/m0/s1. The lowest BCUT2D eigenvalue weighted by Crippen LogP contribution is -2.48. The number of nitrogens with two attached hydrogens (primary N) is 1. The molecule has 2 aliphatic rings. The SMILES string of the molecule is NC1=C(C(=O)NC[C@@H]2CC2c2ccc(F)cc2)NC(=O)NC1. The van der Waals surface area contributed by atoms with Crippen molar-refractivity contribution in [1.82, 2.24) is 16.0 Å². The first-order valence-electron chi connectivity index (χ1n) is 7.11. The van der Waals surface area contributed by atoms with Gasteiger partial charge in [-0.1, -0.05) is 12.1 Å². The maximum Gasteiger partial charge on any atom is 0.319 e. The van der Waals surface area contributed by atoms with Crippen molar-refractivity contribution < 1.29 is 14.0 Å². The minimum absolute atomic E-state index is 0.114. The second-order valence-electron chi connectivity index (χ2n) is 5.57. The van der Waals surface area contributed by atoms with Crippen LogP contribution in [0.5, 0.6) is 0 Å². The number of hydrogen-bond acceptors (Lipinski definition) is 3. The minimum atomic E-state index is -0.435. The van der Waals surface area contributed by atoms with Gasteiger partial charge in [-0.3, -0.25) is 4.79 Å². The fourth-order valence-corrected chi connectivity index (χ4v) is 2.61. The van der Waals surface area contributed by atoms with E-state index in [1.165, 1.54) is 12.1 Å². The molecule has 0 radical (unpaired) electrons. The lowest BCUT2D eigenvalue weighted by Gasteiger charge is -2.19. The molecule has 0 bridgehead atoms. The molecule has 7 heteroatoms. The molecule has 0 aromatic heterocycles. The number of urea groups is 1. The van der Waals surface area contributed by atoms with Gasteiger partial charge in [0.25, 0.3) is 5.91 Å². The second kappa shape index (κ2) is 5.67. The van der Waals surface area contributed by atoms with Crippen molar-refractivity contribution in [1.29, 1.82) is 0 Å². The lowest BCUT2D eigenvalue weighted by molar-refractivity contribution is -0.117. The topological polar surface area (TPSA) is 96.2 Å². The van der Waals surface area contributed by atoms with Crippen LogP contribution in [0.1, 0.15) is 17.9 Å². The first-order valence-corrected chi connectivity index (χ1v) is 7.11. The van der Waals surface area contributed by atoms with Gasteiger partial charge in [0.2, 0.25) is 0 Å². The summed E-state index contributed by atoms with van der Waals surface area (Å²) >= 11 is 0. The van der Waals surface area contributed by atoms with Crippen LogP contribution in [0, 0.1) is 11.7 Å². The monoisotopic (exact) mass is 304 g/mol. The molecule has 1 saturated carbocycles. The Kier molecular flexibility index (Phi) is 3.70. The summed E-state index contributed by atoms with van der Waals surface area (Å²) < 4.78 is 12.9. The first kappa shape index (κ1) is 14.4. The van der Waals surface area contributed by atoms with Crippen molar-refractivity contribution >= 4 is 11.9 Å². The molecular weight excluding hydrogens is 287 g/mol. The summed E-state index contributed by atoms with van der Waals surface area (Å²) in [6.07, 6.45) is 0.953. The normalized spacial score (nSPS) is 23.6. The van der Waals surface area contributed by atoms with E-state index in [9.17, 15) is 14.0 Å². The van der Waals surface area contributed by atoms with E-state index in [1.54, 1.807) is 12.1 Å². The van der Waals surface area contributed by atoms with Gasteiger partial charge in [0, 0.05) is 6.54 Å². The molecule has 5 N–H and O–H groups in total. The lowest BCUT2D eigenvalue weighted by atomic mass is 10.1. The third kappa shape index (κ3) is 3.03. The van der Waals surface area contributed by atoms with Gasteiger partial charge in [-0.05, 0) is 36.0 Å². The van der Waals surface area contributed by atoms with Gasteiger partial charge in [0.05, 0.1) is 12.2 Å². The van der Waals surface area contributed by atoms with Crippen LogP contribution in [0.3, 0.4) is 0 Å². The molecule has 0 saturated heterocycles. The van der Waals surface area contributed by atoms with E-state index in [-0.39, 0.29) is 24.0 Å². The van der Waals surface area contributed by atoms with Gasteiger partial charge in [-0.15, -0.1) is 0 Å². The highest BCUT2D eigenvalue weighted by molar-refractivity contribution is 5.98. The van der Waals surface area contributed by atoms with Gasteiger partial charge >= 0.3 is 6.03 Å². The van der Waals surface area contributed by atoms with Crippen LogP contribution in [0.2, 0.25) is 0 Å². The van der Waals surface area contributed by atoms with E-state index in [0.29, 0.717) is 24.1 Å². The van der Waals surface area contributed by atoms with E-state index >= 15 is 0 Å². The predicted octanol–water partition coefficient (Wildman–Crippen LogP) is 0.528. The molecule has 2 atom stereocenters. The summed E-state index contributed by atoms with van der Waals surface area (Å²) in [5.41, 5.74) is 7.20. The molecule has 1 aromatic carbocycles. The Labute approximate surface area is 126 Å². The summed E-state index contributed by atoms with van der Waals surface area (Å²) in [5.74, 6) is 0.0407. The Hall–Kier alpha value is -2.57. The molecule has 22 heavy (non-hydrogen) atoms. The van der Waals surface area contributed by atoms with E-state index in [2.05, 4.69) is 16.0 Å². The number of carbonyl (C=O) groups excluding carboxylic acids is 2. The fourth-order valence-electron chi connectivity index (χ4n) is 2.61. The molecule has 6 nitrogen and oxygen atoms in total. The first-order chi connectivity index (χ1) is 10.5. The zero-order valence-corrected chi connectivity index (χ0v) is 11.9. The molecular formula is C15H17FN4O2. The van der Waals surface area contributed by atoms with Crippen LogP contribution in [0.4, 0.5) is 9.18 Å². The third-order valence-electron chi connectivity index (χ3n) is 3.97. The quantitative estimate of drug-likeness (QED) is 0.653. The molecule has 1 fully saturated rings. The van der Waals surface area contributed by atoms with Gasteiger partial charge in [-0.2, -0.15) is 0 Å². The van der Waals surface area contributed by atoms with Crippen LogP contribution < -0.4 is 21.7 Å². The number of amides is 3. The highest BCUT2D eigenvalue weighted by Gasteiger charge is 2.38. The number of carbonyl (C=O) groups is 2. The molecule has 3 amide bonds. The van der Waals surface area contributed by atoms with Gasteiger partial charge < -0.3 is 21.7 Å². The van der Waals surface area contributed by atoms with Crippen LogP contribution in [0.25, 0.3) is 0 Å². The maximum atomic E-state index is 12.9. The van der Waals surface area contributed by atoms with Gasteiger partial charge in [-0.25, -0.2) is 9.18 Å². The zero-order valence-electron chi connectivity index (χ0n) is 11.9. The van der Waals surface area contributed by atoms with E-state index in [1.807, 2.05) is 0 Å². The predicted molar refractivity (Wildman–Crippen MR) is 78.0 cm³/mol. The second-order valence-corrected chi connectivity index (χ2v) is 5.57. The third-order valence-corrected chi connectivity index (χ3v) is 3.97. The molecule has 1 aliphatic carbocycles. The number of benzene rings is 1. The van der Waals surface area contributed by atoms with Crippen LogP contribution in [-0.2, 0) is 4.79 Å². The Morgan fingerprint density at radius 3 is 2.82 bits per heavy atom. The van der Waals surface area contributed by atoms with Gasteiger partial charge in [0.1, 0.15) is 11.5 Å². The maximum absolute atomic E-state index is 12.9. The van der Waals surface area contributed by atoms with Crippen LogP contribution >= 0.6 is 0 Å². The average molecular weight is 304 g/mol. The number of rotatable bonds is 4. The Morgan fingerprint density at radius 1 is 1.36 bits per heavy atom. The Bertz CT molecular complexity index is 641. The van der Waals surface area contributed by atoms with Crippen LogP contribution in [0.15, 0.2) is 35.7 Å². The zero-order chi connectivity index (χ0) is 15.7. The summed E-state index contributed by atoms with van der Waals surface area (Å²) in [6.45, 7) is 0.664. The number of halogens is 1. The van der Waals surface area contributed by atoms with Crippen molar-refractivity contribution in [2.45, 2.75) is 12.3 Å². The highest BCUT2D eigenvalue weighted by Crippen LogP contribution is 2.46. The summed E-state index contributed by atoms with van der Waals surface area (Å²) in [4.78, 5) is 23.2. The molecule has 3 rings (SSSR count). The largest absolute Gasteiger partial charge is 0.399 e. The average Bonchev–Trinajstić information content (AvgIpc) is 3.27. The highest BCUT2D eigenvalue weighted by atomic mass is 19.1. The van der Waals surface area contributed by atoms with E-state index < -0.39 is 6.03 Å². The molecule has 1 aromatic rings. The molecule has 1 heterocycles. The van der Waals surface area contributed by atoms with Crippen LogP contribution in [-0.4, -0.2) is 25.0 Å². The van der Waals surface area contributed by atoms with E-state index in [0.717, 1.165) is 12.0 Å². The molecule has 0 spiro atoms. The van der Waals surface area contributed by atoms with Crippen molar-refractivity contribution in [3.05, 3.63) is 47.0 Å². The number of nitrogens with one attached hydrogen (secondary N) is 3. The molecule has 116 valence electrons. The summed E-state index contributed by atoms with van der Waals surface area (Å²) in [6, 6.07) is 6.00. The smallest absolute Gasteiger partial charge is 0.319 e. The minimum Gasteiger partial charge on any atom is -0.399 e. The van der Waals surface area contributed by atoms with E-state index in [4.69, 9.17) is 5.73 Å². The van der Waals surface area contributed by atoms with Crippen molar-refractivity contribution in [2.24, 2.45) is 11.7 Å². The Balaban J connectivity index is 1.53. The number of hydrogen-bond donors (Lipinski definition) is 4. The van der Waals surface area contributed by atoms with Crippen molar-refractivity contribution in [2.75, 3.05) is 13.1 Å². The Morgan fingerprint density at radius 2 is 2.09 bits per heavy atom. The van der Waals surface area contributed by atoms with Crippen molar-refractivity contribution in [3.8, 4) is 0 Å². The fraction of sp³-hybridized carbons (Fsp3) is 0.333. The molecule has 1 unspecified atom stereocenters. The van der Waals surface area contributed by atoms with Gasteiger partial charge in [0.15, 0.2) is 0 Å². The summed E-state index contributed by atoms with van der Waals surface area (Å²) in [7, 11) is 0. The molecule has 1 aliphatic heterocycles.